The van der Waals surface area contributed by atoms with Crippen molar-refractivity contribution in [3.8, 4) is 5.75 Å². The second-order valence-electron chi connectivity index (χ2n) is 4.88. The zero-order valence-electron chi connectivity index (χ0n) is 11.7. The van der Waals surface area contributed by atoms with Gasteiger partial charge in [-0.1, -0.05) is 30.3 Å². The highest BCUT2D eigenvalue weighted by Crippen LogP contribution is 2.42. The van der Waals surface area contributed by atoms with Crippen LogP contribution in [0.1, 0.15) is 17.9 Å². The van der Waals surface area contributed by atoms with Crippen molar-refractivity contribution < 1.29 is 14.6 Å². The molecule has 0 bridgehead atoms. The SMILES string of the molecule is CCOc1ccc2ccccc2c1[C@@H]1NC[C@@H](C(=O)O)S1. The standard InChI is InChI=1S/C16H17NO3S/c1-2-20-12-8-7-10-5-3-4-6-11(10)14(12)15-17-9-13(21-15)16(18)19/h3-8,13,15,17H,2,9H2,1H3,(H,18,19)/t13-,15+/m0/s1. The second-order valence-corrected chi connectivity index (χ2v) is 6.20. The minimum Gasteiger partial charge on any atom is -0.493 e. The topological polar surface area (TPSA) is 58.6 Å². The third-order valence-corrected chi connectivity index (χ3v) is 4.93. The van der Waals surface area contributed by atoms with Crippen molar-refractivity contribution in [1.29, 1.82) is 0 Å². The monoisotopic (exact) mass is 303 g/mol. The van der Waals surface area contributed by atoms with Crippen LogP contribution >= 0.6 is 11.8 Å². The normalized spacial score (nSPS) is 21.6. The number of thioether (sulfide) groups is 1. The van der Waals surface area contributed by atoms with Gasteiger partial charge in [0.05, 0.1) is 12.0 Å². The van der Waals surface area contributed by atoms with E-state index in [1.807, 2.05) is 31.2 Å². The highest BCUT2D eigenvalue weighted by atomic mass is 32.2. The van der Waals surface area contributed by atoms with Crippen molar-refractivity contribution in [1.82, 2.24) is 5.32 Å². The molecule has 0 unspecified atom stereocenters. The zero-order chi connectivity index (χ0) is 14.8. The minimum absolute atomic E-state index is 0.0567. The summed E-state index contributed by atoms with van der Waals surface area (Å²) in [5, 5.41) is 14.2. The molecule has 0 aliphatic carbocycles. The second kappa shape index (κ2) is 5.95. The number of rotatable bonds is 4. The number of hydrogen-bond donors (Lipinski definition) is 2. The number of nitrogens with one attached hydrogen (secondary N) is 1. The minimum atomic E-state index is -0.770. The maximum absolute atomic E-state index is 11.2. The van der Waals surface area contributed by atoms with E-state index >= 15 is 0 Å². The fourth-order valence-corrected chi connectivity index (χ4v) is 3.83. The number of aliphatic carboxylic acids is 1. The molecule has 0 saturated carbocycles. The first kappa shape index (κ1) is 14.2. The molecule has 1 aliphatic heterocycles. The number of ether oxygens (including phenoxy) is 1. The summed E-state index contributed by atoms with van der Waals surface area (Å²) in [7, 11) is 0. The van der Waals surface area contributed by atoms with Crippen LogP contribution < -0.4 is 10.1 Å². The number of fused-ring (bicyclic) bond motifs is 1. The summed E-state index contributed by atoms with van der Waals surface area (Å²) in [6, 6.07) is 12.1. The van der Waals surface area contributed by atoms with Crippen LogP contribution in [0.25, 0.3) is 10.8 Å². The molecule has 0 amide bonds. The summed E-state index contributed by atoms with van der Waals surface area (Å²) in [6.45, 7) is 3.01. The number of carboxylic acid groups (broad SMARTS) is 1. The molecule has 1 fully saturated rings. The van der Waals surface area contributed by atoms with E-state index in [2.05, 4.69) is 17.4 Å². The lowest BCUT2D eigenvalue weighted by Gasteiger charge is -2.18. The molecule has 110 valence electrons. The quantitative estimate of drug-likeness (QED) is 0.909. The average Bonchev–Trinajstić information content (AvgIpc) is 2.97. The molecule has 2 aromatic carbocycles. The van der Waals surface area contributed by atoms with Gasteiger partial charge in [0.15, 0.2) is 0 Å². The lowest BCUT2D eigenvalue weighted by atomic mass is 10.0. The van der Waals surface area contributed by atoms with Crippen molar-refractivity contribution in [3.05, 3.63) is 42.0 Å². The molecule has 1 heterocycles. The van der Waals surface area contributed by atoms with Crippen LogP contribution in [-0.4, -0.2) is 29.5 Å². The Morgan fingerprint density at radius 1 is 1.38 bits per heavy atom. The Labute approximate surface area is 127 Å². The Hall–Kier alpha value is -1.72. The fraction of sp³-hybridized carbons (Fsp3) is 0.312. The van der Waals surface area contributed by atoms with Crippen molar-refractivity contribution in [2.45, 2.75) is 17.5 Å². The summed E-state index contributed by atoms with van der Waals surface area (Å²) < 4.78 is 5.75. The van der Waals surface area contributed by atoms with Crippen LogP contribution in [0, 0.1) is 0 Å². The predicted molar refractivity (Wildman–Crippen MR) is 84.9 cm³/mol. The first-order valence-electron chi connectivity index (χ1n) is 6.96. The maximum Gasteiger partial charge on any atom is 0.318 e. The molecule has 21 heavy (non-hydrogen) atoms. The largest absolute Gasteiger partial charge is 0.493 e. The first-order chi connectivity index (χ1) is 10.2. The highest BCUT2D eigenvalue weighted by molar-refractivity contribution is 8.01. The van der Waals surface area contributed by atoms with Crippen molar-refractivity contribution >= 4 is 28.5 Å². The average molecular weight is 303 g/mol. The molecule has 2 N–H and O–H groups in total. The van der Waals surface area contributed by atoms with Crippen LogP contribution in [0.3, 0.4) is 0 Å². The molecule has 2 atom stereocenters. The van der Waals surface area contributed by atoms with Crippen LogP contribution in [0.15, 0.2) is 36.4 Å². The smallest absolute Gasteiger partial charge is 0.318 e. The molecule has 0 radical (unpaired) electrons. The Morgan fingerprint density at radius 2 is 2.19 bits per heavy atom. The molecular weight excluding hydrogens is 286 g/mol. The molecule has 0 aromatic heterocycles. The third-order valence-electron chi connectivity index (χ3n) is 3.56. The van der Waals surface area contributed by atoms with E-state index in [4.69, 9.17) is 4.74 Å². The van der Waals surface area contributed by atoms with Gasteiger partial charge in [-0.05, 0) is 23.8 Å². The Balaban J connectivity index is 2.06. The lowest BCUT2D eigenvalue weighted by molar-refractivity contribution is -0.136. The van der Waals surface area contributed by atoms with Crippen molar-refractivity contribution in [3.63, 3.8) is 0 Å². The number of hydrogen-bond acceptors (Lipinski definition) is 4. The van der Waals surface area contributed by atoms with E-state index in [-0.39, 0.29) is 5.37 Å². The summed E-state index contributed by atoms with van der Waals surface area (Å²) in [6.07, 6.45) is 0. The van der Waals surface area contributed by atoms with Gasteiger partial charge in [-0.25, -0.2) is 0 Å². The maximum atomic E-state index is 11.2. The van der Waals surface area contributed by atoms with Gasteiger partial charge in [-0.15, -0.1) is 11.8 Å². The molecule has 1 aliphatic rings. The van der Waals surface area contributed by atoms with E-state index in [0.717, 1.165) is 22.1 Å². The molecular formula is C16H17NO3S. The number of carboxylic acids is 1. The summed E-state index contributed by atoms with van der Waals surface area (Å²) >= 11 is 1.44. The lowest BCUT2D eigenvalue weighted by Crippen LogP contribution is -2.21. The molecule has 3 rings (SSSR count). The number of benzene rings is 2. The molecule has 2 aromatic rings. The van der Waals surface area contributed by atoms with E-state index in [1.54, 1.807) is 0 Å². The van der Waals surface area contributed by atoms with Gasteiger partial charge in [-0.3, -0.25) is 10.1 Å². The zero-order valence-corrected chi connectivity index (χ0v) is 12.5. The van der Waals surface area contributed by atoms with Gasteiger partial charge in [0.25, 0.3) is 0 Å². The third kappa shape index (κ3) is 2.71. The van der Waals surface area contributed by atoms with Crippen molar-refractivity contribution in [2.75, 3.05) is 13.2 Å². The van der Waals surface area contributed by atoms with Crippen molar-refractivity contribution in [2.24, 2.45) is 0 Å². The van der Waals surface area contributed by atoms with E-state index < -0.39 is 11.2 Å². The molecule has 5 heteroatoms. The Morgan fingerprint density at radius 3 is 2.90 bits per heavy atom. The van der Waals surface area contributed by atoms with E-state index in [9.17, 15) is 9.90 Å². The predicted octanol–water partition coefficient (Wildman–Crippen LogP) is 3.03. The van der Waals surface area contributed by atoms with Gasteiger partial charge in [-0.2, -0.15) is 0 Å². The molecule has 0 spiro atoms. The fourth-order valence-electron chi connectivity index (χ4n) is 2.62. The van der Waals surface area contributed by atoms with Gasteiger partial charge >= 0.3 is 5.97 Å². The summed E-state index contributed by atoms with van der Waals surface area (Å²) in [5.74, 6) is 0.0560. The Bertz CT molecular complexity index is 674. The van der Waals surface area contributed by atoms with Crippen LogP contribution in [0.5, 0.6) is 5.75 Å². The number of carbonyl (C=O) groups is 1. The summed E-state index contributed by atoms with van der Waals surface area (Å²) in [4.78, 5) is 11.2. The first-order valence-corrected chi connectivity index (χ1v) is 7.91. The molecule has 4 nitrogen and oxygen atoms in total. The van der Waals surface area contributed by atoms with Gasteiger partial charge in [0, 0.05) is 12.1 Å². The molecule has 1 saturated heterocycles. The van der Waals surface area contributed by atoms with Gasteiger partial charge in [0.2, 0.25) is 0 Å². The highest BCUT2D eigenvalue weighted by Gasteiger charge is 2.33. The van der Waals surface area contributed by atoms with Crippen LogP contribution in [0.4, 0.5) is 0 Å². The van der Waals surface area contributed by atoms with Crippen LogP contribution in [0.2, 0.25) is 0 Å². The van der Waals surface area contributed by atoms with Gasteiger partial charge < -0.3 is 9.84 Å². The van der Waals surface area contributed by atoms with E-state index in [0.29, 0.717) is 13.2 Å². The van der Waals surface area contributed by atoms with Crippen LogP contribution in [-0.2, 0) is 4.79 Å². The van der Waals surface area contributed by atoms with E-state index in [1.165, 1.54) is 11.8 Å². The van der Waals surface area contributed by atoms with Gasteiger partial charge in [0.1, 0.15) is 11.0 Å². The summed E-state index contributed by atoms with van der Waals surface area (Å²) in [5.41, 5.74) is 1.05. The Kier molecular flexibility index (Phi) is 4.03.